The fourth-order valence-electron chi connectivity index (χ4n) is 3.61. The summed E-state index contributed by atoms with van der Waals surface area (Å²) in [5, 5.41) is 8.19. The van der Waals surface area contributed by atoms with Gasteiger partial charge in [-0.2, -0.15) is 0 Å². The number of para-hydroxylation sites is 1. The Morgan fingerprint density at radius 1 is 0.935 bits per heavy atom. The van der Waals surface area contributed by atoms with Crippen molar-refractivity contribution in [1.82, 2.24) is 10.1 Å². The first-order valence-corrected chi connectivity index (χ1v) is 11.1. The van der Waals surface area contributed by atoms with Gasteiger partial charge in [-0.15, -0.1) is 0 Å². The fourth-order valence-corrected chi connectivity index (χ4v) is 4.86. The second kappa shape index (κ2) is 7.44. The first-order valence-electron chi connectivity index (χ1n) is 9.60. The van der Waals surface area contributed by atoms with Crippen molar-refractivity contribution in [3.05, 3.63) is 84.1 Å². The van der Waals surface area contributed by atoms with Gasteiger partial charge in [0.15, 0.2) is 0 Å². The number of aromatic nitrogens is 1. The van der Waals surface area contributed by atoms with E-state index in [4.69, 9.17) is 4.52 Å². The number of fused-ring (bicyclic) bond motifs is 2. The third-order valence-corrected chi connectivity index (χ3v) is 6.53. The summed E-state index contributed by atoms with van der Waals surface area (Å²) in [4.78, 5) is 14.2. The standard InChI is InChI=1S/C22H18N4O4S/c27-22(23-16-9-2-1-3-10-16)26-13-18-19(14-26)24-30-21(18)25-31(28,29)20-12-6-8-15-7-4-5-11-17(15)20/h1-12,25H,13-14H2,(H,23,27). The van der Waals surface area contributed by atoms with Crippen molar-refractivity contribution in [3.8, 4) is 0 Å². The van der Waals surface area contributed by atoms with Crippen LogP contribution in [-0.4, -0.2) is 24.5 Å². The minimum Gasteiger partial charge on any atom is -0.337 e. The SMILES string of the molecule is O=C(Nc1ccccc1)N1Cc2noc(NS(=O)(=O)c3cccc4ccccc34)c2C1. The summed E-state index contributed by atoms with van der Waals surface area (Å²) in [7, 11) is -3.92. The maximum Gasteiger partial charge on any atom is 0.322 e. The molecule has 0 aliphatic carbocycles. The van der Waals surface area contributed by atoms with E-state index in [1.165, 1.54) is 4.90 Å². The maximum atomic E-state index is 13.1. The fraction of sp³-hybridized carbons (Fsp3) is 0.0909. The van der Waals surface area contributed by atoms with E-state index in [-0.39, 0.29) is 29.9 Å². The molecule has 9 heteroatoms. The highest BCUT2D eigenvalue weighted by Gasteiger charge is 2.32. The molecule has 4 aromatic rings. The number of anilines is 2. The highest BCUT2D eigenvalue weighted by atomic mass is 32.2. The minimum atomic E-state index is -3.92. The number of nitrogens with one attached hydrogen (secondary N) is 2. The molecule has 1 aliphatic rings. The van der Waals surface area contributed by atoms with Gasteiger partial charge in [0.05, 0.1) is 23.5 Å². The lowest BCUT2D eigenvalue weighted by atomic mass is 10.1. The van der Waals surface area contributed by atoms with Crippen LogP contribution in [0.4, 0.5) is 16.4 Å². The zero-order chi connectivity index (χ0) is 21.4. The highest BCUT2D eigenvalue weighted by Crippen LogP contribution is 2.32. The van der Waals surface area contributed by atoms with Gasteiger partial charge in [-0.1, -0.05) is 59.8 Å². The second-order valence-electron chi connectivity index (χ2n) is 7.17. The number of amides is 2. The first kappa shape index (κ1) is 19.1. The summed E-state index contributed by atoms with van der Waals surface area (Å²) in [6, 6.07) is 21.1. The lowest BCUT2D eigenvalue weighted by Crippen LogP contribution is -2.30. The average Bonchev–Trinajstić information content (AvgIpc) is 3.36. The van der Waals surface area contributed by atoms with Gasteiger partial charge in [0.1, 0.15) is 5.69 Å². The molecule has 0 unspecified atom stereocenters. The number of hydrogen-bond acceptors (Lipinski definition) is 5. The van der Waals surface area contributed by atoms with Crippen LogP contribution in [0.5, 0.6) is 0 Å². The van der Waals surface area contributed by atoms with E-state index in [9.17, 15) is 13.2 Å². The van der Waals surface area contributed by atoms with Crippen LogP contribution in [0, 0.1) is 0 Å². The van der Waals surface area contributed by atoms with Crippen molar-refractivity contribution < 1.29 is 17.7 Å². The molecule has 2 amide bonds. The van der Waals surface area contributed by atoms with Crippen molar-refractivity contribution in [2.45, 2.75) is 18.0 Å². The van der Waals surface area contributed by atoms with Gasteiger partial charge >= 0.3 is 6.03 Å². The average molecular weight is 434 g/mol. The molecule has 0 atom stereocenters. The quantitative estimate of drug-likeness (QED) is 0.501. The molecule has 0 saturated heterocycles. The number of sulfonamides is 1. The number of carbonyl (C=O) groups excluding carboxylic acids is 1. The van der Waals surface area contributed by atoms with E-state index >= 15 is 0 Å². The van der Waals surface area contributed by atoms with E-state index in [1.54, 1.807) is 36.4 Å². The zero-order valence-corrected chi connectivity index (χ0v) is 17.1. The van der Waals surface area contributed by atoms with Crippen molar-refractivity contribution in [2.24, 2.45) is 0 Å². The molecule has 0 fully saturated rings. The van der Waals surface area contributed by atoms with Gasteiger partial charge in [0.25, 0.3) is 10.0 Å². The summed E-state index contributed by atoms with van der Waals surface area (Å²) in [6.45, 7) is 0.415. The summed E-state index contributed by atoms with van der Waals surface area (Å²) in [5.74, 6) is 0.0259. The molecule has 0 spiro atoms. The molecular weight excluding hydrogens is 416 g/mol. The van der Waals surface area contributed by atoms with Crippen LogP contribution in [0.3, 0.4) is 0 Å². The summed E-state index contributed by atoms with van der Waals surface area (Å²) in [5.41, 5.74) is 1.75. The van der Waals surface area contributed by atoms with Crippen molar-refractivity contribution >= 4 is 38.4 Å². The minimum absolute atomic E-state index is 0.0259. The molecule has 5 rings (SSSR count). The van der Waals surface area contributed by atoms with Crippen LogP contribution < -0.4 is 10.0 Å². The Morgan fingerprint density at radius 2 is 1.68 bits per heavy atom. The summed E-state index contributed by atoms with van der Waals surface area (Å²) >= 11 is 0. The topological polar surface area (TPSA) is 105 Å². The molecule has 3 aromatic carbocycles. The van der Waals surface area contributed by atoms with Crippen LogP contribution >= 0.6 is 0 Å². The van der Waals surface area contributed by atoms with E-state index in [0.717, 1.165) is 5.39 Å². The molecule has 2 heterocycles. The van der Waals surface area contributed by atoms with Crippen molar-refractivity contribution in [1.29, 1.82) is 0 Å². The molecule has 1 aromatic heterocycles. The Balaban J connectivity index is 1.37. The number of nitrogens with zero attached hydrogens (tertiary/aromatic N) is 2. The maximum absolute atomic E-state index is 13.1. The van der Waals surface area contributed by atoms with Gasteiger partial charge in [-0.25, -0.2) is 17.9 Å². The smallest absolute Gasteiger partial charge is 0.322 e. The Bertz CT molecular complexity index is 1380. The van der Waals surface area contributed by atoms with Gasteiger partial charge in [-0.05, 0) is 23.6 Å². The van der Waals surface area contributed by atoms with Gasteiger partial charge < -0.3 is 14.7 Å². The van der Waals surface area contributed by atoms with Crippen molar-refractivity contribution in [3.63, 3.8) is 0 Å². The molecule has 8 nitrogen and oxygen atoms in total. The van der Waals surface area contributed by atoms with E-state index in [0.29, 0.717) is 22.3 Å². The van der Waals surface area contributed by atoms with E-state index < -0.39 is 10.0 Å². The number of carbonyl (C=O) groups is 1. The number of hydrogen-bond donors (Lipinski definition) is 2. The Hall–Kier alpha value is -3.85. The third-order valence-electron chi connectivity index (χ3n) is 5.14. The summed E-state index contributed by atoms with van der Waals surface area (Å²) < 4.78 is 33.9. The first-order chi connectivity index (χ1) is 15.0. The Labute approximate surface area is 178 Å². The molecule has 0 saturated carbocycles. The predicted molar refractivity (Wildman–Crippen MR) is 116 cm³/mol. The lowest BCUT2D eigenvalue weighted by molar-refractivity contribution is 0.210. The van der Waals surface area contributed by atoms with Crippen LogP contribution in [-0.2, 0) is 23.1 Å². The number of rotatable bonds is 4. The third kappa shape index (κ3) is 3.59. The molecule has 31 heavy (non-hydrogen) atoms. The summed E-state index contributed by atoms with van der Waals surface area (Å²) in [6.07, 6.45) is 0. The van der Waals surface area contributed by atoms with E-state index in [1.807, 2.05) is 36.4 Å². The van der Waals surface area contributed by atoms with Crippen LogP contribution in [0.25, 0.3) is 10.8 Å². The van der Waals surface area contributed by atoms with Gasteiger partial charge in [0, 0.05) is 11.1 Å². The number of urea groups is 1. The van der Waals surface area contributed by atoms with Crippen LogP contribution in [0.15, 0.2) is 82.2 Å². The molecule has 1 aliphatic heterocycles. The lowest BCUT2D eigenvalue weighted by Gasteiger charge is -2.16. The Morgan fingerprint density at radius 3 is 2.52 bits per heavy atom. The molecular formula is C22H18N4O4S. The van der Waals surface area contributed by atoms with Gasteiger partial charge in [-0.3, -0.25) is 0 Å². The van der Waals surface area contributed by atoms with Crippen LogP contribution in [0.1, 0.15) is 11.3 Å². The molecule has 0 bridgehead atoms. The second-order valence-corrected chi connectivity index (χ2v) is 8.82. The van der Waals surface area contributed by atoms with Crippen molar-refractivity contribution in [2.75, 3.05) is 10.0 Å². The monoisotopic (exact) mass is 434 g/mol. The highest BCUT2D eigenvalue weighted by molar-refractivity contribution is 7.93. The van der Waals surface area contributed by atoms with Gasteiger partial charge in [0.2, 0.25) is 5.88 Å². The molecule has 0 radical (unpaired) electrons. The molecule has 156 valence electrons. The van der Waals surface area contributed by atoms with E-state index in [2.05, 4.69) is 15.2 Å². The zero-order valence-electron chi connectivity index (χ0n) is 16.3. The molecule has 2 N–H and O–H groups in total. The largest absolute Gasteiger partial charge is 0.337 e. The van der Waals surface area contributed by atoms with Crippen LogP contribution in [0.2, 0.25) is 0 Å². The number of benzene rings is 3. The Kier molecular flexibility index (Phi) is 4.59. The predicted octanol–water partition coefficient (Wildman–Crippen LogP) is 4.18. The normalized spacial score (nSPS) is 13.2.